The Labute approximate surface area is 113 Å². The van der Waals surface area contributed by atoms with E-state index in [1.54, 1.807) is 14.2 Å². The highest BCUT2D eigenvalue weighted by Crippen LogP contribution is 2.31. The van der Waals surface area contributed by atoms with Crippen LogP contribution in [0.5, 0.6) is 5.75 Å². The molecule has 100 valence electrons. The molecule has 0 amide bonds. The molecule has 0 aliphatic heterocycles. The first kappa shape index (κ1) is 13.1. The molecule has 0 unspecified atom stereocenters. The van der Waals surface area contributed by atoms with E-state index in [9.17, 15) is 0 Å². The van der Waals surface area contributed by atoms with Gasteiger partial charge in [0, 0.05) is 12.7 Å². The molecule has 5 nitrogen and oxygen atoms in total. The van der Waals surface area contributed by atoms with Gasteiger partial charge in [0.1, 0.15) is 6.33 Å². The smallest absolute Gasteiger partial charge is 0.204 e. The maximum absolute atomic E-state index is 5.35. The largest absolute Gasteiger partial charge is 0.490 e. The summed E-state index contributed by atoms with van der Waals surface area (Å²) in [4.78, 5) is 8.35. The number of anilines is 3. The van der Waals surface area contributed by atoms with Crippen molar-refractivity contribution in [1.82, 2.24) is 9.97 Å². The lowest BCUT2D eigenvalue weighted by Crippen LogP contribution is -2.04. The lowest BCUT2D eigenvalue weighted by atomic mass is 10.1. The van der Waals surface area contributed by atoms with Gasteiger partial charge in [0.25, 0.3) is 0 Å². The standard InChI is InChI=1S/C14H18N4O/c1-9-5-6-11(10(2)7-9)18-14-12(19-4)13(15-3)16-8-17-14/h5-8H,1-4H3,(H2,15,16,17,18). The van der Waals surface area contributed by atoms with Crippen LogP contribution in [0.4, 0.5) is 17.3 Å². The number of nitrogens with zero attached hydrogens (tertiary/aromatic N) is 2. The Bertz CT molecular complexity index is 584. The molecule has 0 bridgehead atoms. The van der Waals surface area contributed by atoms with Gasteiger partial charge < -0.3 is 15.4 Å². The van der Waals surface area contributed by atoms with E-state index in [0.717, 1.165) is 11.3 Å². The summed E-state index contributed by atoms with van der Waals surface area (Å²) in [5.74, 6) is 1.91. The van der Waals surface area contributed by atoms with Gasteiger partial charge in [0.2, 0.25) is 5.75 Å². The summed E-state index contributed by atoms with van der Waals surface area (Å²) in [5.41, 5.74) is 3.39. The molecule has 5 heteroatoms. The molecular weight excluding hydrogens is 240 g/mol. The minimum atomic E-state index is 0.602. The number of methoxy groups -OCH3 is 1. The average Bonchev–Trinajstić information content (AvgIpc) is 2.41. The first-order valence-corrected chi connectivity index (χ1v) is 6.06. The van der Waals surface area contributed by atoms with Crippen LogP contribution >= 0.6 is 0 Å². The van der Waals surface area contributed by atoms with Crippen LogP contribution in [0.15, 0.2) is 24.5 Å². The van der Waals surface area contributed by atoms with E-state index in [0.29, 0.717) is 17.4 Å². The lowest BCUT2D eigenvalue weighted by Gasteiger charge is -2.14. The predicted octanol–water partition coefficient (Wildman–Crippen LogP) is 2.89. The van der Waals surface area contributed by atoms with Crippen LogP contribution in [0, 0.1) is 13.8 Å². The van der Waals surface area contributed by atoms with Crippen LogP contribution in [0.3, 0.4) is 0 Å². The number of aryl methyl sites for hydroxylation is 2. The van der Waals surface area contributed by atoms with Crippen LogP contribution in [0.1, 0.15) is 11.1 Å². The van der Waals surface area contributed by atoms with Crippen molar-refractivity contribution in [1.29, 1.82) is 0 Å². The zero-order valence-corrected chi connectivity index (χ0v) is 11.6. The molecule has 1 aromatic heterocycles. The highest BCUT2D eigenvalue weighted by molar-refractivity contribution is 5.70. The van der Waals surface area contributed by atoms with Crippen molar-refractivity contribution in [2.24, 2.45) is 0 Å². The summed E-state index contributed by atoms with van der Waals surface area (Å²) in [7, 11) is 3.40. The Kier molecular flexibility index (Phi) is 3.85. The van der Waals surface area contributed by atoms with Crippen molar-refractivity contribution >= 4 is 17.3 Å². The number of rotatable bonds is 4. The fourth-order valence-corrected chi connectivity index (χ4v) is 1.92. The summed E-state index contributed by atoms with van der Waals surface area (Å²) in [6.07, 6.45) is 1.50. The van der Waals surface area contributed by atoms with Gasteiger partial charge in [0.05, 0.1) is 7.11 Å². The number of ether oxygens (including phenoxy) is 1. The summed E-state index contributed by atoms with van der Waals surface area (Å²) < 4.78 is 5.35. The summed E-state index contributed by atoms with van der Waals surface area (Å²) in [6.45, 7) is 4.13. The third-order valence-corrected chi connectivity index (χ3v) is 2.88. The van der Waals surface area contributed by atoms with Crippen molar-refractivity contribution in [3.63, 3.8) is 0 Å². The molecule has 1 aromatic carbocycles. The fourth-order valence-electron chi connectivity index (χ4n) is 1.92. The average molecular weight is 258 g/mol. The topological polar surface area (TPSA) is 59.1 Å². The van der Waals surface area contributed by atoms with Gasteiger partial charge in [-0.3, -0.25) is 0 Å². The summed E-state index contributed by atoms with van der Waals surface area (Å²) >= 11 is 0. The second-order valence-corrected chi connectivity index (χ2v) is 4.30. The minimum absolute atomic E-state index is 0.602. The normalized spacial score (nSPS) is 10.1. The fraction of sp³-hybridized carbons (Fsp3) is 0.286. The molecule has 0 radical (unpaired) electrons. The molecule has 0 fully saturated rings. The van der Waals surface area contributed by atoms with Gasteiger partial charge in [-0.05, 0) is 25.5 Å². The maximum Gasteiger partial charge on any atom is 0.204 e. The van der Waals surface area contributed by atoms with Gasteiger partial charge in [-0.15, -0.1) is 0 Å². The van der Waals surface area contributed by atoms with Crippen LogP contribution in [0.2, 0.25) is 0 Å². The lowest BCUT2D eigenvalue weighted by molar-refractivity contribution is 0.415. The van der Waals surface area contributed by atoms with E-state index in [1.165, 1.54) is 11.9 Å². The van der Waals surface area contributed by atoms with Crippen molar-refractivity contribution < 1.29 is 4.74 Å². The third-order valence-electron chi connectivity index (χ3n) is 2.88. The Balaban J connectivity index is 2.37. The van der Waals surface area contributed by atoms with Crippen molar-refractivity contribution in [2.75, 3.05) is 24.8 Å². The highest BCUT2D eigenvalue weighted by Gasteiger charge is 2.11. The molecule has 0 atom stereocenters. The van der Waals surface area contributed by atoms with Crippen LogP contribution in [-0.4, -0.2) is 24.1 Å². The molecule has 2 rings (SSSR count). The van der Waals surface area contributed by atoms with Gasteiger partial charge in [-0.1, -0.05) is 17.7 Å². The van der Waals surface area contributed by atoms with Gasteiger partial charge >= 0.3 is 0 Å². The molecule has 2 N–H and O–H groups in total. The number of hydrogen-bond acceptors (Lipinski definition) is 5. The second-order valence-electron chi connectivity index (χ2n) is 4.30. The van der Waals surface area contributed by atoms with E-state index in [1.807, 2.05) is 6.07 Å². The Hall–Kier alpha value is -2.30. The van der Waals surface area contributed by atoms with E-state index >= 15 is 0 Å². The molecule has 0 aliphatic rings. The molecule has 0 saturated heterocycles. The van der Waals surface area contributed by atoms with Crippen molar-refractivity contribution in [3.8, 4) is 5.75 Å². The quantitative estimate of drug-likeness (QED) is 0.883. The zero-order valence-electron chi connectivity index (χ0n) is 11.6. The summed E-state index contributed by atoms with van der Waals surface area (Å²) in [5, 5.41) is 6.26. The predicted molar refractivity (Wildman–Crippen MR) is 77.3 cm³/mol. The second kappa shape index (κ2) is 5.56. The Morgan fingerprint density at radius 2 is 1.84 bits per heavy atom. The van der Waals surface area contributed by atoms with Crippen molar-refractivity contribution in [2.45, 2.75) is 13.8 Å². The number of nitrogens with one attached hydrogen (secondary N) is 2. The third kappa shape index (κ3) is 2.76. The van der Waals surface area contributed by atoms with Crippen LogP contribution < -0.4 is 15.4 Å². The van der Waals surface area contributed by atoms with Gasteiger partial charge in [-0.25, -0.2) is 9.97 Å². The molecule has 19 heavy (non-hydrogen) atoms. The highest BCUT2D eigenvalue weighted by atomic mass is 16.5. The Morgan fingerprint density at radius 1 is 1.11 bits per heavy atom. The van der Waals surface area contributed by atoms with E-state index in [2.05, 4.69) is 46.6 Å². The first-order valence-electron chi connectivity index (χ1n) is 6.06. The van der Waals surface area contributed by atoms with Crippen LogP contribution in [0.25, 0.3) is 0 Å². The van der Waals surface area contributed by atoms with Crippen LogP contribution in [-0.2, 0) is 0 Å². The first-order chi connectivity index (χ1) is 9.15. The maximum atomic E-state index is 5.35. The Morgan fingerprint density at radius 3 is 2.47 bits per heavy atom. The van der Waals surface area contributed by atoms with Gasteiger partial charge in [-0.2, -0.15) is 0 Å². The monoisotopic (exact) mass is 258 g/mol. The molecule has 1 heterocycles. The van der Waals surface area contributed by atoms with E-state index in [-0.39, 0.29) is 0 Å². The number of hydrogen-bond donors (Lipinski definition) is 2. The van der Waals surface area contributed by atoms with E-state index in [4.69, 9.17) is 4.74 Å². The molecule has 0 saturated carbocycles. The molecular formula is C14H18N4O. The SMILES string of the molecule is CNc1ncnc(Nc2ccc(C)cc2C)c1OC. The zero-order chi connectivity index (χ0) is 13.8. The molecule has 0 spiro atoms. The molecule has 0 aliphatic carbocycles. The summed E-state index contributed by atoms with van der Waals surface area (Å²) in [6, 6.07) is 6.21. The minimum Gasteiger partial charge on any atom is -0.490 e. The molecule has 2 aromatic rings. The van der Waals surface area contributed by atoms with E-state index < -0.39 is 0 Å². The number of benzene rings is 1. The van der Waals surface area contributed by atoms with Crippen molar-refractivity contribution in [3.05, 3.63) is 35.7 Å². The number of aromatic nitrogens is 2. The van der Waals surface area contributed by atoms with Gasteiger partial charge in [0.15, 0.2) is 11.6 Å².